The molecule has 5 atom stereocenters. The molecule has 16 nitrogen and oxygen atoms in total. The van der Waals surface area contributed by atoms with E-state index in [4.69, 9.17) is 28.4 Å². The Bertz CT molecular complexity index is 1680. The quantitative estimate of drug-likeness (QED) is 0.143. The van der Waals surface area contributed by atoms with Crippen molar-refractivity contribution in [3.63, 3.8) is 0 Å². The number of methoxy groups -OCH3 is 1. The van der Waals surface area contributed by atoms with Crippen molar-refractivity contribution >= 4 is 27.9 Å². The van der Waals surface area contributed by atoms with E-state index in [1.807, 2.05) is 44.2 Å². The third-order valence-corrected chi connectivity index (χ3v) is 11.4. The molecule has 3 heterocycles. The zero-order valence-electron chi connectivity index (χ0n) is 31.0. The van der Waals surface area contributed by atoms with Gasteiger partial charge in [0.05, 0.1) is 42.7 Å². The van der Waals surface area contributed by atoms with E-state index in [0.717, 1.165) is 5.56 Å². The smallest absolute Gasteiger partial charge is 0.407 e. The van der Waals surface area contributed by atoms with Crippen molar-refractivity contribution in [2.24, 2.45) is 11.3 Å². The molecule has 0 unspecified atom stereocenters. The number of sulfonamides is 1. The summed E-state index contributed by atoms with van der Waals surface area (Å²) >= 11 is 0. The number of aliphatic hydroxyl groups is 1. The minimum absolute atomic E-state index is 0.0262. The van der Waals surface area contributed by atoms with Gasteiger partial charge in [0.25, 0.3) is 0 Å². The summed E-state index contributed by atoms with van der Waals surface area (Å²) in [7, 11) is -2.82. The summed E-state index contributed by atoms with van der Waals surface area (Å²) in [6.07, 6.45) is -0.247. The number of alkyl carbamates (subject to hydrolysis) is 1. The standard InChI is InChI=1S/C37H52N4O12S/c1-37(2,14-7-8-15-38-33(43)19-39-34(44)22-48-3)23-41(54(46,47)26-11-12-30-31(18-26)52-24-51-30)20-29(42)28(17-25-9-5-4-6-10-25)40-36(45)53-32-21-50-35-27(32)13-16-49-35/h4-6,9-12,18,27-29,32,35,42H,7-8,13-17,19-24H2,1-3H3,(H,38,43)(H,39,44)(H,40,45)/t27-,28-,29+,32-,35+/m0/s1. The zero-order chi connectivity index (χ0) is 38.7. The second-order valence-electron chi connectivity index (χ2n) is 14.5. The molecule has 3 amide bonds. The van der Waals surface area contributed by atoms with Gasteiger partial charge in [-0.15, -0.1) is 0 Å². The molecule has 0 saturated carbocycles. The predicted molar refractivity (Wildman–Crippen MR) is 194 cm³/mol. The second kappa shape index (κ2) is 19.0. The molecule has 17 heteroatoms. The van der Waals surface area contributed by atoms with Crippen molar-refractivity contribution in [2.75, 3.05) is 59.9 Å². The van der Waals surface area contributed by atoms with E-state index < -0.39 is 52.0 Å². The minimum atomic E-state index is -4.22. The highest BCUT2D eigenvalue weighted by Crippen LogP contribution is 2.36. The highest BCUT2D eigenvalue weighted by Gasteiger charge is 2.44. The lowest BCUT2D eigenvalue weighted by molar-refractivity contribution is -0.128. The molecule has 298 valence electrons. The van der Waals surface area contributed by atoms with Gasteiger partial charge in [0.15, 0.2) is 17.8 Å². The first-order chi connectivity index (χ1) is 25.8. The van der Waals surface area contributed by atoms with E-state index in [1.165, 1.54) is 29.6 Å². The topological polar surface area (TPSA) is 200 Å². The van der Waals surface area contributed by atoms with Crippen molar-refractivity contribution in [2.45, 2.75) is 75.4 Å². The number of nitrogens with one attached hydrogen (secondary N) is 3. The number of fused-ring (bicyclic) bond motifs is 2. The van der Waals surface area contributed by atoms with E-state index >= 15 is 0 Å². The van der Waals surface area contributed by atoms with Crippen LogP contribution in [0.1, 0.15) is 45.1 Å². The lowest BCUT2D eigenvalue weighted by Crippen LogP contribution is -2.52. The number of aliphatic hydroxyl groups excluding tert-OH is 1. The molecular formula is C37H52N4O12S. The summed E-state index contributed by atoms with van der Waals surface area (Å²) in [5, 5.41) is 19.9. The summed E-state index contributed by atoms with van der Waals surface area (Å²) < 4.78 is 62.5. The van der Waals surface area contributed by atoms with Crippen molar-refractivity contribution < 1.29 is 56.3 Å². The zero-order valence-corrected chi connectivity index (χ0v) is 31.8. The van der Waals surface area contributed by atoms with E-state index in [-0.39, 0.29) is 62.8 Å². The van der Waals surface area contributed by atoms with Crippen molar-refractivity contribution in [1.29, 1.82) is 0 Å². The predicted octanol–water partition coefficient (Wildman–Crippen LogP) is 1.94. The Morgan fingerprint density at radius 3 is 2.57 bits per heavy atom. The van der Waals surface area contributed by atoms with Crippen LogP contribution >= 0.6 is 0 Å². The number of unbranched alkanes of at least 4 members (excludes halogenated alkanes) is 1. The first-order valence-electron chi connectivity index (χ1n) is 18.2. The van der Waals surface area contributed by atoms with E-state index in [1.54, 1.807) is 0 Å². The number of carbonyl (C=O) groups is 3. The van der Waals surface area contributed by atoms with Crippen molar-refractivity contribution in [1.82, 2.24) is 20.3 Å². The highest BCUT2D eigenvalue weighted by atomic mass is 32.2. The summed E-state index contributed by atoms with van der Waals surface area (Å²) in [6, 6.07) is 12.7. The van der Waals surface area contributed by atoms with E-state index in [2.05, 4.69) is 16.0 Å². The monoisotopic (exact) mass is 776 g/mol. The maximum atomic E-state index is 14.4. The molecule has 3 aliphatic rings. The number of nitrogens with zero attached hydrogens (tertiary/aromatic N) is 1. The average Bonchev–Trinajstić information content (AvgIpc) is 3.89. The van der Waals surface area contributed by atoms with Crippen LogP contribution in [0.5, 0.6) is 11.5 Å². The first-order valence-corrected chi connectivity index (χ1v) is 19.6. The van der Waals surface area contributed by atoms with Crippen molar-refractivity contribution in [3.8, 4) is 11.5 Å². The van der Waals surface area contributed by atoms with Gasteiger partial charge in [-0.2, -0.15) is 4.31 Å². The fraction of sp³-hybridized carbons (Fsp3) is 0.595. The van der Waals surface area contributed by atoms with Gasteiger partial charge in [-0.25, -0.2) is 13.2 Å². The molecule has 4 N–H and O–H groups in total. The molecule has 0 aliphatic carbocycles. The molecule has 5 rings (SSSR count). The Balaban J connectivity index is 1.27. The van der Waals surface area contributed by atoms with Crippen LogP contribution in [0.2, 0.25) is 0 Å². The van der Waals surface area contributed by atoms with Gasteiger partial charge in [-0.1, -0.05) is 50.6 Å². The third-order valence-electron chi connectivity index (χ3n) is 9.61. The maximum absolute atomic E-state index is 14.4. The van der Waals surface area contributed by atoms with Gasteiger partial charge < -0.3 is 49.5 Å². The van der Waals surface area contributed by atoms with Crippen LogP contribution < -0.4 is 25.4 Å². The Hall–Kier alpha value is -4.00. The third kappa shape index (κ3) is 11.5. The summed E-state index contributed by atoms with van der Waals surface area (Å²) in [4.78, 5) is 36.9. The number of hydrogen-bond acceptors (Lipinski definition) is 12. The number of amides is 3. The van der Waals surface area contributed by atoms with Crippen LogP contribution in [0, 0.1) is 11.3 Å². The number of ether oxygens (including phenoxy) is 6. The fourth-order valence-corrected chi connectivity index (χ4v) is 8.39. The Labute approximate surface area is 316 Å². The SMILES string of the molecule is COCC(=O)NCC(=O)NCCCCC(C)(C)CN(C[C@@H](O)[C@H](Cc1ccccc1)NC(=O)O[C@H]1CO[C@H]2OCC[C@H]21)S(=O)(=O)c1ccc2c(c1)OCO2. The largest absolute Gasteiger partial charge is 0.454 e. The molecule has 0 spiro atoms. The molecule has 2 aromatic carbocycles. The molecule has 0 bridgehead atoms. The number of rotatable bonds is 20. The van der Waals surface area contributed by atoms with Crippen LogP contribution in [0.15, 0.2) is 53.4 Å². The van der Waals surface area contributed by atoms with Crippen LogP contribution in [-0.2, 0) is 45.0 Å². The molecule has 0 radical (unpaired) electrons. The fourth-order valence-electron chi connectivity index (χ4n) is 6.73. The van der Waals surface area contributed by atoms with E-state index in [9.17, 15) is 27.9 Å². The van der Waals surface area contributed by atoms with Gasteiger partial charge in [0, 0.05) is 32.8 Å². The molecule has 2 aromatic rings. The number of hydrogen-bond donors (Lipinski definition) is 4. The molecule has 3 aliphatic heterocycles. The van der Waals surface area contributed by atoms with Crippen LogP contribution in [-0.4, -0.2) is 120 Å². The Morgan fingerprint density at radius 2 is 1.80 bits per heavy atom. The van der Waals surface area contributed by atoms with Crippen LogP contribution in [0.4, 0.5) is 4.79 Å². The normalized spacial score (nSPS) is 20.3. The summed E-state index contributed by atoms with van der Waals surface area (Å²) in [6.45, 7) is 4.33. The van der Waals surface area contributed by atoms with E-state index in [0.29, 0.717) is 50.3 Å². The van der Waals surface area contributed by atoms with Crippen LogP contribution in [0.25, 0.3) is 0 Å². The molecular weight excluding hydrogens is 724 g/mol. The Morgan fingerprint density at radius 1 is 1.02 bits per heavy atom. The second-order valence-corrected chi connectivity index (χ2v) is 16.4. The lowest BCUT2D eigenvalue weighted by atomic mass is 9.87. The first kappa shape index (κ1) is 41.2. The lowest BCUT2D eigenvalue weighted by Gasteiger charge is -2.35. The van der Waals surface area contributed by atoms with Gasteiger partial charge in [-0.05, 0) is 48.8 Å². The van der Waals surface area contributed by atoms with Gasteiger partial charge in [0.2, 0.25) is 28.6 Å². The van der Waals surface area contributed by atoms with Gasteiger partial charge in [0.1, 0.15) is 12.7 Å². The minimum Gasteiger partial charge on any atom is -0.454 e. The Kier molecular flexibility index (Phi) is 14.5. The van der Waals surface area contributed by atoms with Crippen molar-refractivity contribution in [3.05, 3.63) is 54.1 Å². The summed E-state index contributed by atoms with van der Waals surface area (Å²) in [5.41, 5.74) is 0.246. The molecule has 0 aromatic heterocycles. The molecule has 54 heavy (non-hydrogen) atoms. The maximum Gasteiger partial charge on any atom is 0.407 e. The van der Waals surface area contributed by atoms with Gasteiger partial charge >= 0.3 is 6.09 Å². The number of benzene rings is 2. The van der Waals surface area contributed by atoms with Crippen LogP contribution in [0.3, 0.4) is 0 Å². The molecule has 2 fully saturated rings. The number of carbonyl (C=O) groups excluding carboxylic acids is 3. The molecule has 2 saturated heterocycles. The average molecular weight is 777 g/mol. The summed E-state index contributed by atoms with van der Waals surface area (Å²) in [5.74, 6) is -0.0709. The van der Waals surface area contributed by atoms with Gasteiger partial charge in [-0.3, -0.25) is 9.59 Å². The highest BCUT2D eigenvalue weighted by molar-refractivity contribution is 7.89.